The van der Waals surface area contributed by atoms with Crippen LogP contribution in [0, 0.1) is 29.4 Å². The molecular weight excluding hydrogens is 302 g/mol. The van der Waals surface area contributed by atoms with E-state index in [1.807, 2.05) is 0 Å². The maximum absolute atomic E-state index is 14.1. The van der Waals surface area contributed by atoms with Crippen molar-refractivity contribution in [2.24, 2.45) is 17.8 Å². The molecule has 0 aliphatic heterocycles. The predicted octanol–water partition coefficient (Wildman–Crippen LogP) is 6.33. The summed E-state index contributed by atoms with van der Waals surface area (Å²) in [5.41, 5.74) is 1.51. The van der Waals surface area contributed by atoms with Gasteiger partial charge in [0.2, 0.25) is 0 Å². The summed E-state index contributed by atoms with van der Waals surface area (Å²) in [6, 6.07) is 1.47. The van der Waals surface area contributed by atoms with Gasteiger partial charge in [-0.1, -0.05) is 44.2 Å². The maximum atomic E-state index is 14.1. The van der Waals surface area contributed by atoms with Crippen LogP contribution in [0.1, 0.15) is 63.0 Å². The zero-order chi connectivity index (χ0) is 15.7. The quantitative estimate of drug-likeness (QED) is 0.569. The summed E-state index contributed by atoms with van der Waals surface area (Å²) in [6.07, 6.45) is 10.5. The van der Waals surface area contributed by atoms with Crippen LogP contribution < -0.4 is 0 Å². The van der Waals surface area contributed by atoms with Crippen molar-refractivity contribution in [1.29, 1.82) is 0 Å². The fourth-order valence-electron chi connectivity index (χ4n) is 4.61. The van der Waals surface area contributed by atoms with Gasteiger partial charge in [0.15, 0.2) is 0 Å². The van der Waals surface area contributed by atoms with Gasteiger partial charge in [-0.15, -0.1) is 0 Å². The lowest BCUT2D eigenvalue weighted by molar-refractivity contribution is 0.183. The highest BCUT2D eigenvalue weighted by Gasteiger charge is 2.31. The Kier molecular flexibility index (Phi) is 5.07. The van der Waals surface area contributed by atoms with Crippen LogP contribution in [0.3, 0.4) is 0 Å². The molecule has 3 heteroatoms. The van der Waals surface area contributed by atoms with Gasteiger partial charge in [-0.05, 0) is 67.1 Å². The van der Waals surface area contributed by atoms with Crippen molar-refractivity contribution in [2.75, 3.05) is 0 Å². The summed E-state index contributed by atoms with van der Waals surface area (Å²) in [6.45, 7) is 2.26. The number of halogens is 3. The molecule has 122 valence electrons. The molecule has 0 nitrogen and oxygen atoms in total. The average Bonchev–Trinajstić information content (AvgIpc) is 2.53. The Labute approximate surface area is 137 Å². The van der Waals surface area contributed by atoms with Gasteiger partial charge in [0.05, 0.1) is 0 Å². The molecule has 1 saturated carbocycles. The van der Waals surface area contributed by atoms with Crippen molar-refractivity contribution in [3.05, 3.63) is 33.9 Å². The molecule has 1 fully saturated rings. The third-order valence-corrected chi connectivity index (χ3v) is 6.20. The summed E-state index contributed by atoms with van der Waals surface area (Å²) < 4.78 is 27.8. The molecule has 1 atom stereocenters. The van der Waals surface area contributed by atoms with Gasteiger partial charge >= 0.3 is 0 Å². The Morgan fingerprint density at radius 2 is 1.82 bits per heavy atom. The highest BCUT2D eigenvalue weighted by Crippen LogP contribution is 2.41. The van der Waals surface area contributed by atoms with Gasteiger partial charge < -0.3 is 0 Å². The summed E-state index contributed by atoms with van der Waals surface area (Å²) in [5, 5.41) is -0.336. The number of rotatable bonds is 3. The Morgan fingerprint density at radius 3 is 2.50 bits per heavy atom. The number of benzene rings is 1. The monoisotopic (exact) mass is 326 g/mol. The van der Waals surface area contributed by atoms with Gasteiger partial charge in [0, 0.05) is 0 Å². The third kappa shape index (κ3) is 3.18. The topological polar surface area (TPSA) is 0 Å². The number of hydrogen-bond acceptors (Lipinski definition) is 0. The number of hydrogen-bond donors (Lipinski definition) is 0. The molecule has 2 aliphatic carbocycles. The molecule has 1 aromatic rings. The van der Waals surface area contributed by atoms with Crippen LogP contribution >= 0.6 is 11.6 Å². The molecule has 3 rings (SSSR count). The minimum Gasteiger partial charge on any atom is -0.205 e. The molecule has 0 spiro atoms. The fourth-order valence-corrected chi connectivity index (χ4v) is 4.78. The fraction of sp³-hybridized carbons (Fsp3) is 0.684. The molecular formula is C19H25ClF2. The zero-order valence-corrected chi connectivity index (χ0v) is 14.1. The van der Waals surface area contributed by atoms with Crippen molar-refractivity contribution in [3.63, 3.8) is 0 Å². The molecule has 1 unspecified atom stereocenters. The summed E-state index contributed by atoms with van der Waals surface area (Å²) in [5.74, 6) is 1.11. The van der Waals surface area contributed by atoms with Crippen molar-refractivity contribution in [1.82, 2.24) is 0 Å². The van der Waals surface area contributed by atoms with E-state index in [4.69, 9.17) is 11.6 Å². The average molecular weight is 327 g/mol. The van der Waals surface area contributed by atoms with E-state index >= 15 is 0 Å². The molecule has 0 N–H and O–H groups in total. The Balaban J connectivity index is 1.68. The van der Waals surface area contributed by atoms with Crippen molar-refractivity contribution >= 4 is 11.6 Å². The van der Waals surface area contributed by atoms with Crippen molar-refractivity contribution in [2.45, 2.75) is 64.7 Å². The molecule has 0 heterocycles. The van der Waals surface area contributed by atoms with E-state index in [2.05, 4.69) is 6.92 Å². The zero-order valence-electron chi connectivity index (χ0n) is 13.3. The van der Waals surface area contributed by atoms with Crippen LogP contribution in [-0.2, 0) is 12.8 Å². The summed E-state index contributed by atoms with van der Waals surface area (Å²) in [7, 11) is 0. The molecule has 0 bridgehead atoms. The maximum Gasteiger partial charge on any atom is 0.148 e. The first kappa shape index (κ1) is 16.2. The van der Waals surface area contributed by atoms with E-state index in [0.717, 1.165) is 30.2 Å². The molecule has 2 aliphatic rings. The standard InChI is InChI=1S/C19H25ClF2/c1-2-3-12-4-6-13(7-5-12)14-8-9-16-15(10-14)11-17(21)18(20)19(16)22/h11-14H,2-10H2,1H3. The second-order valence-corrected chi connectivity index (χ2v) is 7.57. The van der Waals surface area contributed by atoms with Crippen LogP contribution in [0.4, 0.5) is 8.78 Å². The van der Waals surface area contributed by atoms with E-state index in [0.29, 0.717) is 17.9 Å². The first-order valence-electron chi connectivity index (χ1n) is 8.75. The van der Waals surface area contributed by atoms with E-state index in [1.54, 1.807) is 0 Å². The lowest BCUT2D eigenvalue weighted by atomic mass is 9.69. The van der Waals surface area contributed by atoms with Crippen LogP contribution in [0.15, 0.2) is 6.07 Å². The van der Waals surface area contributed by atoms with E-state index in [9.17, 15) is 8.78 Å². The predicted molar refractivity (Wildman–Crippen MR) is 87.2 cm³/mol. The molecule has 1 aromatic carbocycles. The molecule has 0 radical (unpaired) electrons. The molecule has 0 saturated heterocycles. The van der Waals surface area contributed by atoms with Gasteiger partial charge in [-0.3, -0.25) is 0 Å². The SMILES string of the molecule is CCCC1CCC(C2CCc3c(cc(F)c(Cl)c3F)C2)CC1. The Morgan fingerprint density at radius 1 is 1.09 bits per heavy atom. The second kappa shape index (κ2) is 6.86. The smallest absolute Gasteiger partial charge is 0.148 e. The van der Waals surface area contributed by atoms with Gasteiger partial charge in [-0.25, -0.2) is 8.78 Å². The van der Waals surface area contributed by atoms with Crippen molar-refractivity contribution < 1.29 is 8.78 Å². The van der Waals surface area contributed by atoms with Crippen LogP contribution in [-0.4, -0.2) is 0 Å². The lowest BCUT2D eigenvalue weighted by Crippen LogP contribution is -2.27. The molecule has 0 amide bonds. The summed E-state index contributed by atoms with van der Waals surface area (Å²) in [4.78, 5) is 0. The minimum atomic E-state index is -0.606. The van der Waals surface area contributed by atoms with Crippen LogP contribution in [0.25, 0.3) is 0 Å². The summed E-state index contributed by atoms with van der Waals surface area (Å²) >= 11 is 5.70. The third-order valence-electron chi connectivity index (χ3n) is 5.86. The largest absolute Gasteiger partial charge is 0.205 e. The molecule has 0 aromatic heterocycles. The van der Waals surface area contributed by atoms with Gasteiger partial charge in [-0.2, -0.15) is 0 Å². The normalized spacial score (nSPS) is 28.5. The van der Waals surface area contributed by atoms with Gasteiger partial charge in [0.25, 0.3) is 0 Å². The first-order valence-corrected chi connectivity index (χ1v) is 9.13. The molecule has 22 heavy (non-hydrogen) atoms. The Bertz CT molecular complexity index is 533. The Hall–Kier alpha value is -0.630. The van der Waals surface area contributed by atoms with Crippen molar-refractivity contribution in [3.8, 4) is 0 Å². The second-order valence-electron chi connectivity index (χ2n) is 7.20. The highest BCUT2D eigenvalue weighted by molar-refractivity contribution is 6.31. The van der Waals surface area contributed by atoms with Crippen LogP contribution in [0.5, 0.6) is 0 Å². The number of fused-ring (bicyclic) bond motifs is 1. The minimum absolute atomic E-state index is 0.336. The van der Waals surface area contributed by atoms with E-state index < -0.39 is 11.6 Å². The van der Waals surface area contributed by atoms with Crippen LogP contribution in [0.2, 0.25) is 5.02 Å². The first-order chi connectivity index (χ1) is 10.6. The lowest BCUT2D eigenvalue weighted by Gasteiger charge is -2.36. The van der Waals surface area contributed by atoms with E-state index in [-0.39, 0.29) is 5.02 Å². The van der Waals surface area contributed by atoms with Gasteiger partial charge in [0.1, 0.15) is 16.7 Å². The highest BCUT2D eigenvalue weighted by atomic mass is 35.5. The van der Waals surface area contributed by atoms with E-state index in [1.165, 1.54) is 44.6 Å².